The van der Waals surface area contributed by atoms with Crippen molar-refractivity contribution in [3.63, 3.8) is 0 Å². The number of aryl methyl sites for hydroxylation is 2. The van der Waals surface area contributed by atoms with Crippen LogP contribution in [-0.2, 0) is 0 Å². The van der Waals surface area contributed by atoms with Gasteiger partial charge in [0.1, 0.15) is 0 Å². The van der Waals surface area contributed by atoms with Gasteiger partial charge >= 0.3 is 0 Å². The summed E-state index contributed by atoms with van der Waals surface area (Å²) in [7, 11) is 0. The van der Waals surface area contributed by atoms with Crippen LogP contribution < -0.4 is 5.32 Å². The fourth-order valence-corrected chi connectivity index (χ4v) is 3.61. The van der Waals surface area contributed by atoms with Crippen LogP contribution in [-0.4, -0.2) is 10.9 Å². The van der Waals surface area contributed by atoms with E-state index in [1.165, 1.54) is 0 Å². The van der Waals surface area contributed by atoms with E-state index in [9.17, 15) is 4.79 Å². The Kier molecular flexibility index (Phi) is 6.21. The number of rotatable bonds is 3. The maximum absolute atomic E-state index is 13.3. The van der Waals surface area contributed by atoms with Crippen molar-refractivity contribution in [1.29, 1.82) is 0 Å². The van der Waals surface area contributed by atoms with Crippen LogP contribution in [0, 0.1) is 13.8 Å². The summed E-state index contributed by atoms with van der Waals surface area (Å²) in [6, 6.07) is 23.2. The monoisotopic (exact) mass is 422 g/mol. The molecule has 146 valence electrons. The summed E-state index contributed by atoms with van der Waals surface area (Å²) in [5.41, 5.74) is 5.65. The van der Waals surface area contributed by atoms with Crippen molar-refractivity contribution in [2.45, 2.75) is 13.8 Å². The standard InChI is InChI=1S/C24H19ClN2O.ClH/c1-15-8-6-7-11-20(15)27-24(28)22-16(2)26-21-13-12-18(25)14-19(21)23(22)17-9-4-3-5-10-17;/h3-14H,1-2H3,(H,27,28);1H. The van der Waals surface area contributed by atoms with E-state index in [-0.39, 0.29) is 18.3 Å². The van der Waals surface area contributed by atoms with Crippen LogP contribution in [0.3, 0.4) is 0 Å². The van der Waals surface area contributed by atoms with Crippen molar-refractivity contribution in [2.24, 2.45) is 0 Å². The van der Waals surface area contributed by atoms with E-state index < -0.39 is 0 Å². The van der Waals surface area contributed by atoms with Gasteiger partial charge in [0.2, 0.25) is 0 Å². The normalized spacial score (nSPS) is 10.4. The molecule has 1 aromatic heterocycles. The fraction of sp³-hybridized carbons (Fsp3) is 0.0833. The number of nitrogens with one attached hydrogen (secondary N) is 1. The van der Waals surface area contributed by atoms with Gasteiger partial charge in [0.15, 0.2) is 0 Å². The summed E-state index contributed by atoms with van der Waals surface area (Å²) in [5, 5.41) is 4.52. The highest BCUT2D eigenvalue weighted by Crippen LogP contribution is 2.35. The molecule has 0 radical (unpaired) electrons. The average molecular weight is 423 g/mol. The van der Waals surface area contributed by atoms with Gasteiger partial charge in [0.05, 0.1) is 16.8 Å². The second-order valence-corrected chi connectivity index (χ2v) is 7.18. The maximum atomic E-state index is 13.3. The molecule has 0 aliphatic rings. The van der Waals surface area contributed by atoms with E-state index in [1.807, 2.05) is 86.6 Å². The van der Waals surface area contributed by atoms with Gasteiger partial charge in [0, 0.05) is 21.7 Å². The Bertz CT molecular complexity index is 1190. The zero-order valence-corrected chi connectivity index (χ0v) is 17.6. The van der Waals surface area contributed by atoms with Crippen LogP contribution in [0.25, 0.3) is 22.0 Å². The first-order chi connectivity index (χ1) is 13.5. The molecule has 3 aromatic carbocycles. The van der Waals surface area contributed by atoms with E-state index >= 15 is 0 Å². The van der Waals surface area contributed by atoms with Gasteiger partial charge in [-0.3, -0.25) is 9.78 Å². The van der Waals surface area contributed by atoms with E-state index in [2.05, 4.69) is 10.3 Å². The number of para-hydroxylation sites is 1. The number of aromatic nitrogens is 1. The number of amides is 1. The highest BCUT2D eigenvalue weighted by Gasteiger charge is 2.21. The molecule has 0 aliphatic heterocycles. The zero-order chi connectivity index (χ0) is 19.7. The summed E-state index contributed by atoms with van der Waals surface area (Å²) in [6.45, 7) is 3.84. The molecular weight excluding hydrogens is 403 g/mol. The van der Waals surface area contributed by atoms with Gasteiger partial charge in [-0.2, -0.15) is 0 Å². The summed E-state index contributed by atoms with van der Waals surface area (Å²) >= 11 is 6.27. The number of carbonyl (C=O) groups excluding carboxylic acids is 1. The minimum atomic E-state index is -0.181. The largest absolute Gasteiger partial charge is 0.322 e. The summed E-state index contributed by atoms with van der Waals surface area (Å²) in [4.78, 5) is 18.0. The highest BCUT2D eigenvalue weighted by atomic mass is 35.5. The molecule has 0 aliphatic carbocycles. The number of anilines is 1. The van der Waals surface area contributed by atoms with Gasteiger partial charge < -0.3 is 5.32 Å². The Morgan fingerprint density at radius 2 is 1.62 bits per heavy atom. The van der Waals surface area contributed by atoms with Crippen LogP contribution in [0.4, 0.5) is 5.69 Å². The molecular formula is C24H20Cl2N2O. The third-order valence-electron chi connectivity index (χ3n) is 4.81. The molecule has 0 bridgehead atoms. The smallest absolute Gasteiger partial charge is 0.258 e. The molecule has 1 heterocycles. The number of nitrogens with zero attached hydrogens (tertiary/aromatic N) is 1. The molecule has 4 aromatic rings. The Morgan fingerprint density at radius 3 is 2.34 bits per heavy atom. The predicted octanol–water partition coefficient (Wildman–Crippen LogP) is 6.85. The minimum Gasteiger partial charge on any atom is -0.322 e. The molecule has 0 atom stereocenters. The first-order valence-electron chi connectivity index (χ1n) is 9.07. The molecule has 29 heavy (non-hydrogen) atoms. The highest BCUT2D eigenvalue weighted by molar-refractivity contribution is 6.31. The van der Waals surface area contributed by atoms with Gasteiger partial charge in [-0.15, -0.1) is 12.4 Å². The number of benzene rings is 3. The van der Waals surface area contributed by atoms with Crippen molar-refractivity contribution >= 4 is 46.5 Å². The average Bonchev–Trinajstić information content (AvgIpc) is 2.69. The molecule has 5 heteroatoms. The van der Waals surface area contributed by atoms with Gasteiger partial charge in [-0.05, 0) is 49.2 Å². The van der Waals surface area contributed by atoms with Crippen molar-refractivity contribution in [1.82, 2.24) is 4.98 Å². The molecule has 0 fully saturated rings. The minimum absolute atomic E-state index is 0. The summed E-state index contributed by atoms with van der Waals surface area (Å²) in [5.74, 6) is -0.181. The zero-order valence-electron chi connectivity index (χ0n) is 16.1. The van der Waals surface area contributed by atoms with Crippen molar-refractivity contribution in [3.05, 3.63) is 94.6 Å². The van der Waals surface area contributed by atoms with Crippen molar-refractivity contribution in [3.8, 4) is 11.1 Å². The molecule has 4 rings (SSSR count). The Balaban J connectivity index is 0.00000240. The van der Waals surface area contributed by atoms with E-state index in [0.29, 0.717) is 16.3 Å². The number of hydrogen-bond donors (Lipinski definition) is 1. The quantitative estimate of drug-likeness (QED) is 0.392. The maximum Gasteiger partial charge on any atom is 0.258 e. The lowest BCUT2D eigenvalue weighted by Crippen LogP contribution is -2.16. The van der Waals surface area contributed by atoms with Crippen molar-refractivity contribution < 1.29 is 4.79 Å². The van der Waals surface area contributed by atoms with Crippen LogP contribution in [0.15, 0.2) is 72.8 Å². The Morgan fingerprint density at radius 1 is 0.931 bits per heavy atom. The Hall–Kier alpha value is -2.88. The second kappa shape index (κ2) is 8.64. The molecule has 1 amide bonds. The third kappa shape index (κ3) is 4.12. The number of hydrogen-bond acceptors (Lipinski definition) is 2. The molecule has 0 unspecified atom stereocenters. The van der Waals surface area contributed by atoms with E-state index in [0.717, 1.165) is 33.3 Å². The molecule has 0 saturated carbocycles. The van der Waals surface area contributed by atoms with Gasteiger partial charge in [-0.1, -0.05) is 60.1 Å². The van der Waals surface area contributed by atoms with Gasteiger partial charge in [0.25, 0.3) is 5.91 Å². The van der Waals surface area contributed by atoms with Crippen LogP contribution in [0.2, 0.25) is 5.02 Å². The molecule has 0 spiro atoms. The lowest BCUT2D eigenvalue weighted by molar-refractivity contribution is 0.102. The van der Waals surface area contributed by atoms with E-state index in [1.54, 1.807) is 0 Å². The lowest BCUT2D eigenvalue weighted by Gasteiger charge is -2.17. The van der Waals surface area contributed by atoms with Crippen LogP contribution in [0.1, 0.15) is 21.6 Å². The predicted molar refractivity (Wildman–Crippen MR) is 123 cm³/mol. The second-order valence-electron chi connectivity index (χ2n) is 6.74. The molecule has 1 N–H and O–H groups in total. The number of fused-ring (bicyclic) bond motifs is 1. The Labute approximate surface area is 181 Å². The van der Waals surface area contributed by atoms with Crippen molar-refractivity contribution in [2.75, 3.05) is 5.32 Å². The lowest BCUT2D eigenvalue weighted by atomic mass is 9.93. The molecule has 0 saturated heterocycles. The first kappa shape index (κ1) is 20.8. The third-order valence-corrected chi connectivity index (χ3v) is 5.05. The SMILES string of the molecule is Cc1ccccc1NC(=O)c1c(C)nc2ccc(Cl)cc2c1-c1ccccc1.Cl. The summed E-state index contributed by atoms with van der Waals surface area (Å²) < 4.78 is 0. The van der Waals surface area contributed by atoms with Gasteiger partial charge in [-0.25, -0.2) is 0 Å². The summed E-state index contributed by atoms with van der Waals surface area (Å²) in [6.07, 6.45) is 0. The van der Waals surface area contributed by atoms with Crippen LogP contribution >= 0.6 is 24.0 Å². The first-order valence-corrected chi connectivity index (χ1v) is 9.44. The van der Waals surface area contributed by atoms with Crippen LogP contribution in [0.5, 0.6) is 0 Å². The molecule has 3 nitrogen and oxygen atoms in total. The fourth-order valence-electron chi connectivity index (χ4n) is 3.44. The number of pyridine rings is 1. The topological polar surface area (TPSA) is 42.0 Å². The number of carbonyl (C=O) groups is 1. The van der Waals surface area contributed by atoms with E-state index in [4.69, 9.17) is 11.6 Å². The number of halogens is 2.